The molecule has 0 bridgehead atoms. The second-order valence-electron chi connectivity index (χ2n) is 2.06. The first-order chi connectivity index (χ1) is 4.74. The van der Waals surface area contributed by atoms with Gasteiger partial charge in [0.25, 0.3) is 0 Å². The Morgan fingerprint density at radius 2 is 2.20 bits per heavy atom. The number of aryl methyl sites for hydroxylation is 1. The molecule has 0 aliphatic heterocycles. The molecule has 0 aliphatic carbocycles. The summed E-state index contributed by atoms with van der Waals surface area (Å²) in [7, 11) is 0. The fourth-order valence-corrected chi connectivity index (χ4v) is 0.950. The van der Waals surface area contributed by atoms with Gasteiger partial charge < -0.3 is 4.34 Å². The minimum Gasteiger partial charge on any atom is -0.322 e. The largest absolute Gasteiger partial charge is 0.322 e. The maximum absolute atomic E-state index is 12.6. The van der Waals surface area contributed by atoms with Crippen molar-refractivity contribution in [3.63, 3.8) is 0 Å². The van der Waals surface area contributed by atoms with Gasteiger partial charge in [-0.05, 0) is 30.7 Å². The highest BCUT2D eigenvalue weighted by Crippen LogP contribution is 2.14. The fraction of sp³-hybridized carbons (Fsp3) is 0.143. The average molecular weight is 204 g/mol. The second-order valence-corrected chi connectivity index (χ2v) is 2.45. The Balaban J connectivity index is 3.04. The summed E-state index contributed by atoms with van der Waals surface area (Å²) in [6, 6.07) is 4.82. The lowest BCUT2D eigenvalue weighted by Gasteiger charge is -1.99. The van der Waals surface area contributed by atoms with Crippen LogP contribution in [0, 0.1) is 12.7 Å². The number of benzene rings is 1. The zero-order valence-corrected chi connectivity index (χ0v) is 7.07. The third-order valence-corrected chi connectivity index (χ3v) is 1.72. The molecule has 0 aromatic heterocycles. The highest BCUT2D eigenvalue weighted by atomic mass is 79.9. The Bertz CT molecular complexity index is 237. The maximum atomic E-state index is 12.6. The lowest BCUT2D eigenvalue weighted by Crippen LogP contribution is -1.84. The van der Waals surface area contributed by atoms with Crippen molar-refractivity contribution in [1.82, 2.24) is 0 Å². The van der Waals surface area contributed by atoms with E-state index in [2.05, 4.69) is 20.5 Å². The van der Waals surface area contributed by atoms with Gasteiger partial charge in [-0.15, -0.1) is 0 Å². The van der Waals surface area contributed by atoms with Gasteiger partial charge in [0, 0.05) is 21.8 Å². The summed E-state index contributed by atoms with van der Waals surface area (Å²) in [5.74, 6) is -0.175. The Morgan fingerprint density at radius 3 is 2.70 bits per heavy atom. The normalized spacial score (nSPS) is 9.50. The minimum atomic E-state index is -0.175. The summed E-state index contributed by atoms with van der Waals surface area (Å²) in [6.07, 6.45) is 0. The summed E-state index contributed by atoms with van der Waals surface area (Å²) in [4.78, 5) is 0. The lowest BCUT2D eigenvalue weighted by molar-refractivity contribution is 0.619. The highest BCUT2D eigenvalue weighted by molar-refractivity contribution is 9.10. The molecule has 1 aromatic carbocycles. The van der Waals surface area contributed by atoms with Crippen LogP contribution in [-0.2, 0) is 0 Å². The van der Waals surface area contributed by atoms with Crippen LogP contribution in [0.3, 0.4) is 0 Å². The topological polar surface area (TPSA) is 12.0 Å². The van der Waals surface area contributed by atoms with E-state index in [1.54, 1.807) is 19.1 Å². The van der Waals surface area contributed by atoms with Crippen LogP contribution in [0.2, 0.25) is 0 Å². The predicted octanol–water partition coefficient (Wildman–Crippen LogP) is 2.86. The van der Waals surface area contributed by atoms with Crippen LogP contribution in [0.15, 0.2) is 18.2 Å². The molecule has 0 heterocycles. The van der Waals surface area contributed by atoms with Gasteiger partial charge in [-0.1, -0.05) is 0 Å². The molecule has 0 radical (unpaired) electrons. The van der Waals surface area contributed by atoms with Gasteiger partial charge in [0.15, 0.2) is 0 Å². The second kappa shape index (κ2) is 3.01. The first kappa shape index (κ1) is 7.54. The zero-order chi connectivity index (χ0) is 7.56. The third kappa shape index (κ3) is 1.48. The summed E-state index contributed by atoms with van der Waals surface area (Å²) >= 11 is 3.04. The van der Waals surface area contributed by atoms with E-state index in [0.717, 1.165) is 5.69 Å². The molecule has 1 nitrogen and oxygen atoms in total. The zero-order valence-electron chi connectivity index (χ0n) is 5.49. The molecule has 0 atom stereocenters. The summed E-state index contributed by atoms with van der Waals surface area (Å²) < 4.78 is 15.3. The van der Waals surface area contributed by atoms with Crippen LogP contribution in [0.4, 0.5) is 10.1 Å². The molecule has 0 saturated heterocycles. The number of hydrogen-bond donors (Lipinski definition) is 1. The summed E-state index contributed by atoms with van der Waals surface area (Å²) in [6.45, 7) is 1.73. The van der Waals surface area contributed by atoms with Crippen molar-refractivity contribution in [3.8, 4) is 0 Å². The van der Waals surface area contributed by atoms with Crippen molar-refractivity contribution >= 4 is 21.8 Å². The van der Waals surface area contributed by atoms with Crippen molar-refractivity contribution in [3.05, 3.63) is 29.6 Å². The van der Waals surface area contributed by atoms with Crippen LogP contribution in [0.1, 0.15) is 5.56 Å². The molecule has 10 heavy (non-hydrogen) atoms. The molecule has 1 rings (SSSR count). The summed E-state index contributed by atoms with van der Waals surface area (Å²) in [5.41, 5.74) is 1.50. The molecule has 0 amide bonds. The Morgan fingerprint density at radius 1 is 1.50 bits per heavy atom. The van der Waals surface area contributed by atoms with Gasteiger partial charge in [-0.2, -0.15) is 0 Å². The molecule has 0 unspecified atom stereocenters. The van der Waals surface area contributed by atoms with Crippen molar-refractivity contribution in [2.45, 2.75) is 6.92 Å². The van der Waals surface area contributed by atoms with Crippen LogP contribution in [0.25, 0.3) is 0 Å². The first-order valence-electron chi connectivity index (χ1n) is 2.87. The molecule has 3 heteroatoms. The van der Waals surface area contributed by atoms with E-state index in [1.165, 1.54) is 6.07 Å². The Kier molecular flexibility index (Phi) is 2.27. The predicted molar refractivity (Wildman–Crippen MR) is 43.7 cm³/mol. The number of hydrogen-bond acceptors (Lipinski definition) is 1. The van der Waals surface area contributed by atoms with Gasteiger partial charge in [0.05, 0.1) is 0 Å². The third-order valence-electron chi connectivity index (χ3n) is 1.27. The van der Waals surface area contributed by atoms with Crippen molar-refractivity contribution in [2.24, 2.45) is 0 Å². The van der Waals surface area contributed by atoms with Crippen molar-refractivity contribution in [1.29, 1.82) is 0 Å². The molecule has 0 fully saturated rings. The van der Waals surface area contributed by atoms with Crippen LogP contribution >= 0.6 is 16.1 Å². The van der Waals surface area contributed by atoms with E-state index in [1.807, 2.05) is 0 Å². The quantitative estimate of drug-likeness (QED) is 0.693. The monoisotopic (exact) mass is 203 g/mol. The number of anilines is 1. The Labute approximate surface area is 67.6 Å². The smallest absolute Gasteiger partial charge is 0.126 e. The van der Waals surface area contributed by atoms with Gasteiger partial charge in [0.1, 0.15) is 5.82 Å². The van der Waals surface area contributed by atoms with E-state index in [0.29, 0.717) is 5.56 Å². The van der Waals surface area contributed by atoms with E-state index in [4.69, 9.17) is 0 Å². The minimum absolute atomic E-state index is 0.175. The van der Waals surface area contributed by atoms with Crippen LogP contribution in [-0.4, -0.2) is 0 Å². The molecular formula is C7H7BrFN. The summed E-state index contributed by atoms with van der Waals surface area (Å²) in [5, 5.41) is 0. The van der Waals surface area contributed by atoms with Gasteiger partial charge in [-0.3, -0.25) is 0 Å². The number of halogens is 2. The molecule has 1 N–H and O–H groups in total. The van der Waals surface area contributed by atoms with Crippen LogP contribution in [0.5, 0.6) is 0 Å². The number of nitrogens with one attached hydrogen (secondary N) is 1. The Hall–Kier alpha value is -0.570. The molecule has 1 aromatic rings. The average Bonchev–Trinajstić information content (AvgIpc) is 1.95. The highest BCUT2D eigenvalue weighted by Gasteiger charge is 1.95. The van der Waals surface area contributed by atoms with Gasteiger partial charge >= 0.3 is 0 Å². The molecule has 54 valence electrons. The van der Waals surface area contributed by atoms with Gasteiger partial charge in [-0.25, -0.2) is 4.39 Å². The molecule has 0 aliphatic rings. The maximum Gasteiger partial charge on any atom is 0.126 e. The van der Waals surface area contributed by atoms with Crippen molar-refractivity contribution in [2.75, 3.05) is 4.34 Å². The van der Waals surface area contributed by atoms with E-state index >= 15 is 0 Å². The molecular weight excluding hydrogens is 197 g/mol. The van der Waals surface area contributed by atoms with E-state index in [-0.39, 0.29) is 5.82 Å². The lowest BCUT2D eigenvalue weighted by atomic mass is 10.2. The molecule has 0 spiro atoms. The fourth-order valence-electron chi connectivity index (χ4n) is 0.703. The molecule has 0 saturated carbocycles. The van der Waals surface area contributed by atoms with E-state index < -0.39 is 0 Å². The number of rotatable bonds is 1. The van der Waals surface area contributed by atoms with Crippen LogP contribution < -0.4 is 4.34 Å². The first-order valence-corrected chi connectivity index (χ1v) is 3.66. The standard InChI is InChI=1S/C7H7BrFN/c1-5-4-6(10-8)2-3-7(5)9/h2-4,10H,1H3. The SMILES string of the molecule is Cc1cc(NBr)ccc1F. The van der Waals surface area contributed by atoms with Gasteiger partial charge in [0.2, 0.25) is 0 Å². The van der Waals surface area contributed by atoms with Crippen molar-refractivity contribution < 1.29 is 4.39 Å². The van der Waals surface area contributed by atoms with E-state index in [9.17, 15) is 4.39 Å².